The Bertz CT molecular complexity index is 136. The first-order chi connectivity index (χ1) is 5.54. The molecule has 4 heteroatoms. The van der Waals surface area contributed by atoms with Crippen LogP contribution in [0.25, 0.3) is 0 Å². The zero-order chi connectivity index (χ0) is 9.56. The maximum absolute atomic E-state index is 10.5. The van der Waals surface area contributed by atoms with Crippen molar-refractivity contribution >= 4 is 5.91 Å². The fourth-order valence-electron chi connectivity index (χ4n) is 0.935. The number of unbranched alkanes of at least 4 members (excludes halogenated alkanes) is 1. The van der Waals surface area contributed by atoms with E-state index >= 15 is 0 Å². The number of primary amides is 1. The van der Waals surface area contributed by atoms with Crippen LogP contribution in [0.3, 0.4) is 0 Å². The van der Waals surface area contributed by atoms with E-state index in [0.29, 0.717) is 6.42 Å². The highest BCUT2D eigenvalue weighted by atomic mass is 16.1. The van der Waals surface area contributed by atoms with Gasteiger partial charge in [-0.3, -0.25) is 4.79 Å². The van der Waals surface area contributed by atoms with Crippen LogP contribution in [-0.2, 0) is 4.79 Å². The van der Waals surface area contributed by atoms with Gasteiger partial charge in [-0.2, -0.15) is 0 Å². The van der Waals surface area contributed by atoms with Crippen LogP contribution in [0.5, 0.6) is 0 Å². The first kappa shape index (κ1) is 11.4. The van der Waals surface area contributed by atoms with Gasteiger partial charge in [-0.15, -0.1) is 0 Å². The second kappa shape index (κ2) is 5.97. The Morgan fingerprint density at radius 2 is 2.00 bits per heavy atom. The van der Waals surface area contributed by atoms with Crippen molar-refractivity contribution in [2.75, 3.05) is 20.6 Å². The number of nitrogens with zero attached hydrogens (tertiary/aromatic N) is 1. The highest BCUT2D eigenvalue weighted by molar-refractivity contribution is 5.79. The van der Waals surface area contributed by atoms with Crippen LogP contribution in [0.1, 0.15) is 19.3 Å². The molecule has 0 aliphatic carbocycles. The number of hydrogen-bond donors (Lipinski definition) is 2. The summed E-state index contributed by atoms with van der Waals surface area (Å²) < 4.78 is 0. The number of nitrogens with two attached hydrogens (primary N) is 2. The van der Waals surface area contributed by atoms with Crippen molar-refractivity contribution in [2.45, 2.75) is 25.3 Å². The Kier molecular flexibility index (Phi) is 5.66. The van der Waals surface area contributed by atoms with E-state index in [1.54, 1.807) is 0 Å². The summed E-state index contributed by atoms with van der Waals surface area (Å²) in [7, 11) is 4.04. The Morgan fingerprint density at radius 1 is 1.42 bits per heavy atom. The molecule has 0 radical (unpaired) electrons. The molecule has 0 bridgehead atoms. The molecule has 0 saturated heterocycles. The molecule has 1 amide bonds. The quantitative estimate of drug-likeness (QED) is 0.533. The zero-order valence-corrected chi connectivity index (χ0v) is 7.92. The largest absolute Gasteiger partial charge is 0.368 e. The van der Waals surface area contributed by atoms with Gasteiger partial charge in [-0.1, -0.05) is 6.42 Å². The molecular weight excluding hydrogens is 154 g/mol. The lowest BCUT2D eigenvalue weighted by molar-refractivity contribution is -0.119. The van der Waals surface area contributed by atoms with E-state index < -0.39 is 11.9 Å². The number of carbonyl (C=O) groups excluding carboxylic acids is 1. The van der Waals surface area contributed by atoms with Gasteiger partial charge in [0.1, 0.15) is 0 Å². The van der Waals surface area contributed by atoms with Crippen LogP contribution in [-0.4, -0.2) is 37.5 Å². The Morgan fingerprint density at radius 3 is 2.42 bits per heavy atom. The Balaban J connectivity index is 3.25. The lowest BCUT2D eigenvalue weighted by Crippen LogP contribution is -2.36. The summed E-state index contributed by atoms with van der Waals surface area (Å²) in [6, 6.07) is -0.466. The fraction of sp³-hybridized carbons (Fsp3) is 0.875. The molecule has 0 aliphatic rings. The minimum Gasteiger partial charge on any atom is -0.368 e. The van der Waals surface area contributed by atoms with E-state index in [0.717, 1.165) is 19.4 Å². The molecule has 1 unspecified atom stereocenters. The average Bonchev–Trinajstić information content (AvgIpc) is 1.97. The van der Waals surface area contributed by atoms with Crippen molar-refractivity contribution in [1.29, 1.82) is 0 Å². The molecule has 1 atom stereocenters. The van der Waals surface area contributed by atoms with Gasteiger partial charge in [0.25, 0.3) is 0 Å². The number of amides is 1. The van der Waals surface area contributed by atoms with E-state index in [-0.39, 0.29) is 0 Å². The van der Waals surface area contributed by atoms with Crippen molar-refractivity contribution in [3.63, 3.8) is 0 Å². The summed E-state index contributed by atoms with van der Waals surface area (Å²) in [5.74, 6) is -0.403. The predicted octanol–water partition coefficient (Wildman–Crippen LogP) is -0.469. The van der Waals surface area contributed by atoms with E-state index in [2.05, 4.69) is 4.90 Å². The normalized spacial score (nSPS) is 13.3. The minimum absolute atomic E-state index is 0.403. The third-order valence-corrected chi connectivity index (χ3v) is 1.74. The lowest BCUT2D eigenvalue weighted by atomic mass is 10.1. The molecule has 0 rings (SSSR count). The first-order valence-electron chi connectivity index (χ1n) is 4.23. The van der Waals surface area contributed by atoms with E-state index in [4.69, 9.17) is 11.5 Å². The molecule has 12 heavy (non-hydrogen) atoms. The Labute approximate surface area is 73.9 Å². The van der Waals surface area contributed by atoms with Gasteiger partial charge in [-0.25, -0.2) is 0 Å². The molecule has 0 spiro atoms. The van der Waals surface area contributed by atoms with Gasteiger partial charge in [0.15, 0.2) is 0 Å². The summed E-state index contributed by atoms with van der Waals surface area (Å²) >= 11 is 0. The molecule has 0 heterocycles. The third-order valence-electron chi connectivity index (χ3n) is 1.74. The van der Waals surface area contributed by atoms with Crippen LogP contribution >= 0.6 is 0 Å². The van der Waals surface area contributed by atoms with Crippen LogP contribution in [0, 0.1) is 0 Å². The number of hydrogen-bond acceptors (Lipinski definition) is 3. The van der Waals surface area contributed by atoms with E-state index in [1.165, 1.54) is 0 Å². The minimum atomic E-state index is -0.466. The molecule has 0 aromatic heterocycles. The fourth-order valence-corrected chi connectivity index (χ4v) is 0.935. The summed E-state index contributed by atoms with van der Waals surface area (Å²) in [6.45, 7) is 1.03. The van der Waals surface area contributed by atoms with Crippen molar-refractivity contribution < 1.29 is 4.79 Å². The van der Waals surface area contributed by atoms with Crippen LogP contribution < -0.4 is 11.5 Å². The number of carbonyl (C=O) groups is 1. The molecule has 0 aliphatic heterocycles. The SMILES string of the molecule is CN(C)CCCCC(N)C(N)=O. The molecular formula is C8H19N3O. The predicted molar refractivity (Wildman–Crippen MR) is 49.6 cm³/mol. The summed E-state index contributed by atoms with van der Waals surface area (Å²) in [6.07, 6.45) is 2.72. The molecule has 4 nitrogen and oxygen atoms in total. The molecule has 0 aromatic carbocycles. The molecule has 72 valence electrons. The van der Waals surface area contributed by atoms with E-state index in [9.17, 15) is 4.79 Å². The van der Waals surface area contributed by atoms with Gasteiger partial charge in [0.2, 0.25) is 5.91 Å². The standard InChI is InChI=1S/C8H19N3O/c1-11(2)6-4-3-5-7(9)8(10)12/h7H,3-6,9H2,1-2H3,(H2,10,12). The monoisotopic (exact) mass is 173 g/mol. The smallest absolute Gasteiger partial charge is 0.234 e. The van der Waals surface area contributed by atoms with Gasteiger partial charge >= 0.3 is 0 Å². The van der Waals surface area contributed by atoms with Crippen molar-refractivity contribution in [3.05, 3.63) is 0 Å². The van der Waals surface area contributed by atoms with Crippen LogP contribution in [0.4, 0.5) is 0 Å². The zero-order valence-electron chi connectivity index (χ0n) is 7.92. The number of rotatable bonds is 6. The second-order valence-corrected chi connectivity index (χ2v) is 3.31. The van der Waals surface area contributed by atoms with Crippen LogP contribution in [0.15, 0.2) is 0 Å². The average molecular weight is 173 g/mol. The van der Waals surface area contributed by atoms with Gasteiger partial charge in [-0.05, 0) is 33.5 Å². The Hall–Kier alpha value is -0.610. The third kappa shape index (κ3) is 6.12. The van der Waals surface area contributed by atoms with Crippen molar-refractivity contribution in [3.8, 4) is 0 Å². The van der Waals surface area contributed by atoms with Gasteiger partial charge < -0.3 is 16.4 Å². The lowest BCUT2D eigenvalue weighted by Gasteiger charge is -2.10. The molecule has 4 N–H and O–H groups in total. The summed E-state index contributed by atoms with van der Waals surface area (Å²) in [5.41, 5.74) is 10.4. The van der Waals surface area contributed by atoms with Crippen LogP contribution in [0.2, 0.25) is 0 Å². The van der Waals surface area contributed by atoms with Crippen molar-refractivity contribution in [1.82, 2.24) is 4.90 Å². The molecule has 0 aromatic rings. The highest BCUT2D eigenvalue weighted by Crippen LogP contribution is 1.98. The topological polar surface area (TPSA) is 72.3 Å². The van der Waals surface area contributed by atoms with Gasteiger partial charge in [0.05, 0.1) is 6.04 Å². The van der Waals surface area contributed by atoms with Crippen molar-refractivity contribution in [2.24, 2.45) is 11.5 Å². The summed E-state index contributed by atoms with van der Waals surface area (Å²) in [4.78, 5) is 12.6. The molecule has 0 saturated carbocycles. The molecule has 0 fully saturated rings. The summed E-state index contributed by atoms with van der Waals surface area (Å²) in [5, 5.41) is 0. The maximum atomic E-state index is 10.5. The van der Waals surface area contributed by atoms with E-state index in [1.807, 2.05) is 14.1 Å². The highest BCUT2D eigenvalue weighted by Gasteiger charge is 2.07. The maximum Gasteiger partial charge on any atom is 0.234 e. The van der Waals surface area contributed by atoms with Gasteiger partial charge in [0, 0.05) is 0 Å². The first-order valence-corrected chi connectivity index (χ1v) is 4.23. The second-order valence-electron chi connectivity index (χ2n) is 3.31.